The number of aryl methyl sites for hydroxylation is 1. The standard InChI is InChI=1S/C16H28N4O3S/c1-11-6-8-14(9-7-11)17-15(21)10-20-13(3)16(12(2)18-20)24(22,23)19(4)5/h11,14H,6-10H2,1-5H3,(H,17,21). The predicted molar refractivity (Wildman–Crippen MR) is 92.1 cm³/mol. The average Bonchev–Trinajstić information content (AvgIpc) is 2.76. The van der Waals surface area contributed by atoms with Crippen molar-refractivity contribution in [2.24, 2.45) is 5.92 Å². The molecule has 0 aliphatic heterocycles. The highest BCUT2D eigenvalue weighted by atomic mass is 32.2. The van der Waals surface area contributed by atoms with Crippen LogP contribution in [0.1, 0.15) is 44.0 Å². The third-order valence-corrected chi connectivity index (χ3v) is 6.80. The Kier molecular flexibility index (Phi) is 5.70. The summed E-state index contributed by atoms with van der Waals surface area (Å²) in [5.74, 6) is 0.613. The van der Waals surface area contributed by atoms with E-state index in [1.54, 1.807) is 13.8 Å². The molecule has 0 saturated heterocycles. The second-order valence-corrected chi connectivity index (χ2v) is 9.06. The summed E-state index contributed by atoms with van der Waals surface area (Å²) in [4.78, 5) is 12.5. The van der Waals surface area contributed by atoms with Crippen molar-refractivity contribution in [2.45, 2.75) is 63.9 Å². The number of rotatable bonds is 5. The number of carbonyl (C=O) groups is 1. The van der Waals surface area contributed by atoms with Crippen LogP contribution >= 0.6 is 0 Å². The van der Waals surface area contributed by atoms with Gasteiger partial charge in [-0.2, -0.15) is 5.10 Å². The van der Waals surface area contributed by atoms with E-state index >= 15 is 0 Å². The minimum absolute atomic E-state index is 0.0433. The maximum Gasteiger partial charge on any atom is 0.246 e. The highest BCUT2D eigenvalue weighted by Crippen LogP contribution is 2.24. The Labute approximate surface area is 144 Å². The van der Waals surface area contributed by atoms with Crippen molar-refractivity contribution in [1.82, 2.24) is 19.4 Å². The molecule has 1 heterocycles. The normalized spacial score (nSPS) is 21.9. The Hall–Kier alpha value is -1.41. The lowest BCUT2D eigenvalue weighted by Crippen LogP contribution is -2.39. The van der Waals surface area contributed by atoms with Crippen molar-refractivity contribution in [3.05, 3.63) is 11.4 Å². The summed E-state index contributed by atoms with van der Waals surface area (Å²) < 4.78 is 27.4. The first-order valence-electron chi connectivity index (χ1n) is 8.38. The number of nitrogens with zero attached hydrogens (tertiary/aromatic N) is 3. The first kappa shape index (κ1) is 18.9. The molecule has 1 aromatic heterocycles. The number of aromatic nitrogens is 2. The second kappa shape index (κ2) is 7.23. The Morgan fingerprint density at radius 3 is 2.38 bits per heavy atom. The number of sulfonamides is 1. The summed E-state index contributed by atoms with van der Waals surface area (Å²) in [6.45, 7) is 5.62. The smallest absolute Gasteiger partial charge is 0.246 e. The quantitative estimate of drug-likeness (QED) is 0.865. The second-order valence-electron chi connectivity index (χ2n) is 6.97. The molecule has 8 heteroatoms. The van der Waals surface area contributed by atoms with E-state index in [1.165, 1.54) is 18.8 Å². The Morgan fingerprint density at radius 1 is 1.25 bits per heavy atom. The first-order chi connectivity index (χ1) is 11.1. The van der Waals surface area contributed by atoms with Gasteiger partial charge in [0, 0.05) is 20.1 Å². The number of hydrogen-bond acceptors (Lipinski definition) is 4. The van der Waals surface area contributed by atoms with E-state index in [-0.39, 0.29) is 23.4 Å². The summed E-state index contributed by atoms with van der Waals surface area (Å²) in [7, 11) is -0.591. The first-order valence-corrected chi connectivity index (χ1v) is 9.82. The van der Waals surface area contributed by atoms with Gasteiger partial charge in [-0.05, 0) is 45.4 Å². The highest BCUT2D eigenvalue weighted by molar-refractivity contribution is 7.89. The fraction of sp³-hybridized carbons (Fsp3) is 0.750. The lowest BCUT2D eigenvalue weighted by atomic mass is 9.87. The van der Waals surface area contributed by atoms with Crippen LogP contribution in [0.2, 0.25) is 0 Å². The zero-order valence-electron chi connectivity index (χ0n) is 15.2. The SMILES string of the molecule is Cc1nn(CC(=O)NC2CCC(C)CC2)c(C)c1S(=O)(=O)N(C)C. The van der Waals surface area contributed by atoms with Crippen LogP contribution in [-0.2, 0) is 21.4 Å². The van der Waals surface area contributed by atoms with E-state index in [4.69, 9.17) is 0 Å². The van der Waals surface area contributed by atoms with Gasteiger partial charge in [-0.1, -0.05) is 6.92 Å². The van der Waals surface area contributed by atoms with Gasteiger partial charge in [-0.15, -0.1) is 0 Å². The van der Waals surface area contributed by atoms with Gasteiger partial charge < -0.3 is 5.32 Å². The monoisotopic (exact) mass is 356 g/mol. The molecule has 1 fully saturated rings. The van der Waals surface area contributed by atoms with Crippen LogP contribution in [0.15, 0.2) is 4.90 Å². The number of nitrogens with one attached hydrogen (secondary N) is 1. The van der Waals surface area contributed by atoms with Crippen molar-refractivity contribution < 1.29 is 13.2 Å². The van der Waals surface area contributed by atoms with E-state index in [0.717, 1.165) is 35.9 Å². The number of carbonyl (C=O) groups excluding carboxylic acids is 1. The summed E-state index contributed by atoms with van der Waals surface area (Å²) in [5, 5.41) is 7.30. The molecule has 0 bridgehead atoms. The van der Waals surface area contributed by atoms with Gasteiger partial charge in [0.05, 0.1) is 11.4 Å². The maximum atomic E-state index is 12.4. The van der Waals surface area contributed by atoms with Crippen molar-refractivity contribution in [1.29, 1.82) is 0 Å². The minimum Gasteiger partial charge on any atom is -0.352 e. The molecule has 1 amide bonds. The van der Waals surface area contributed by atoms with Gasteiger partial charge in [-0.25, -0.2) is 12.7 Å². The summed E-state index contributed by atoms with van der Waals surface area (Å²) in [6, 6.07) is 0.218. The van der Waals surface area contributed by atoms with Crippen molar-refractivity contribution in [2.75, 3.05) is 14.1 Å². The van der Waals surface area contributed by atoms with Gasteiger partial charge in [0.1, 0.15) is 11.4 Å². The van der Waals surface area contributed by atoms with Crippen LogP contribution in [0.25, 0.3) is 0 Å². The van der Waals surface area contributed by atoms with E-state index in [2.05, 4.69) is 17.3 Å². The van der Waals surface area contributed by atoms with Crippen molar-refractivity contribution >= 4 is 15.9 Å². The molecule has 0 unspecified atom stereocenters. The molecule has 0 spiro atoms. The topological polar surface area (TPSA) is 84.3 Å². The van der Waals surface area contributed by atoms with E-state index < -0.39 is 10.0 Å². The molecule has 1 aliphatic rings. The molecular formula is C16H28N4O3S. The summed E-state index contributed by atoms with van der Waals surface area (Å²) in [5.41, 5.74) is 0.911. The summed E-state index contributed by atoms with van der Waals surface area (Å²) in [6.07, 6.45) is 4.28. The molecule has 2 rings (SSSR count). The number of hydrogen-bond donors (Lipinski definition) is 1. The number of amides is 1. The summed E-state index contributed by atoms with van der Waals surface area (Å²) >= 11 is 0. The molecule has 0 atom stereocenters. The van der Waals surface area contributed by atoms with Gasteiger partial charge in [0.2, 0.25) is 15.9 Å². The molecule has 1 N–H and O–H groups in total. The van der Waals surface area contributed by atoms with Crippen LogP contribution in [0.3, 0.4) is 0 Å². The predicted octanol–water partition coefficient (Wildman–Crippen LogP) is 1.45. The minimum atomic E-state index is -3.57. The Balaban J connectivity index is 2.09. The largest absolute Gasteiger partial charge is 0.352 e. The third-order valence-electron chi connectivity index (χ3n) is 4.73. The third kappa shape index (κ3) is 3.97. The van der Waals surface area contributed by atoms with E-state index in [1.807, 2.05) is 0 Å². The zero-order chi connectivity index (χ0) is 18.1. The Bertz CT molecular complexity index is 701. The molecular weight excluding hydrogens is 328 g/mol. The van der Waals surface area contributed by atoms with Crippen molar-refractivity contribution in [3.63, 3.8) is 0 Å². The fourth-order valence-corrected chi connectivity index (χ4v) is 4.46. The fourth-order valence-electron chi connectivity index (χ4n) is 3.20. The van der Waals surface area contributed by atoms with Crippen LogP contribution in [0.4, 0.5) is 0 Å². The lowest BCUT2D eigenvalue weighted by Gasteiger charge is -2.26. The van der Waals surface area contributed by atoms with E-state index in [0.29, 0.717) is 11.4 Å². The van der Waals surface area contributed by atoms with E-state index in [9.17, 15) is 13.2 Å². The molecule has 1 aromatic rings. The highest BCUT2D eigenvalue weighted by Gasteiger charge is 2.27. The van der Waals surface area contributed by atoms with Crippen LogP contribution in [0.5, 0.6) is 0 Å². The van der Waals surface area contributed by atoms with Crippen LogP contribution < -0.4 is 5.32 Å². The van der Waals surface area contributed by atoms with Gasteiger partial charge in [0.25, 0.3) is 0 Å². The zero-order valence-corrected chi connectivity index (χ0v) is 16.0. The van der Waals surface area contributed by atoms with Crippen LogP contribution in [0, 0.1) is 19.8 Å². The molecule has 1 saturated carbocycles. The molecule has 24 heavy (non-hydrogen) atoms. The van der Waals surface area contributed by atoms with Gasteiger partial charge in [-0.3, -0.25) is 9.48 Å². The van der Waals surface area contributed by atoms with Gasteiger partial charge >= 0.3 is 0 Å². The molecule has 0 aromatic carbocycles. The lowest BCUT2D eigenvalue weighted by molar-refractivity contribution is -0.122. The molecule has 1 aliphatic carbocycles. The Morgan fingerprint density at radius 2 is 1.83 bits per heavy atom. The molecule has 136 valence electrons. The molecule has 7 nitrogen and oxygen atoms in total. The maximum absolute atomic E-state index is 12.4. The molecule has 0 radical (unpaired) electrons. The van der Waals surface area contributed by atoms with Crippen LogP contribution in [-0.4, -0.2) is 48.5 Å². The van der Waals surface area contributed by atoms with Gasteiger partial charge in [0.15, 0.2) is 0 Å². The average molecular weight is 356 g/mol. The van der Waals surface area contributed by atoms with Crippen molar-refractivity contribution in [3.8, 4) is 0 Å².